The third kappa shape index (κ3) is 4.06. The summed E-state index contributed by atoms with van der Waals surface area (Å²) < 4.78 is 5.87. The van der Waals surface area contributed by atoms with Crippen molar-refractivity contribution in [2.75, 3.05) is 18.4 Å². The molecular weight excluding hydrogens is 270 g/mol. The van der Waals surface area contributed by atoms with Crippen LogP contribution in [-0.2, 0) is 9.53 Å². The summed E-state index contributed by atoms with van der Waals surface area (Å²) in [6, 6.07) is 0. The summed E-state index contributed by atoms with van der Waals surface area (Å²) in [5.41, 5.74) is -0.224. The summed E-state index contributed by atoms with van der Waals surface area (Å²) in [5.74, 6) is 0.268. The molecule has 0 radical (unpaired) electrons. The molecule has 1 heterocycles. The van der Waals surface area contributed by atoms with Crippen LogP contribution in [0.2, 0.25) is 0 Å². The van der Waals surface area contributed by atoms with E-state index in [-0.39, 0.29) is 17.6 Å². The summed E-state index contributed by atoms with van der Waals surface area (Å²) in [4.78, 5) is 13.9. The van der Waals surface area contributed by atoms with Gasteiger partial charge in [0.25, 0.3) is 0 Å². The molecule has 4 heteroatoms. The Morgan fingerprint density at radius 3 is 2.81 bits per heavy atom. The van der Waals surface area contributed by atoms with Gasteiger partial charge in [0, 0.05) is 24.8 Å². The molecule has 0 N–H and O–H groups in total. The van der Waals surface area contributed by atoms with E-state index < -0.39 is 0 Å². The van der Waals surface area contributed by atoms with Crippen LogP contribution in [0.1, 0.15) is 40.0 Å². The van der Waals surface area contributed by atoms with Crippen LogP contribution in [0.3, 0.4) is 0 Å². The minimum absolute atomic E-state index is 0.120. The molecule has 0 spiro atoms. The van der Waals surface area contributed by atoms with E-state index in [1.54, 1.807) is 0 Å². The smallest absolute Gasteiger partial charge is 0.222 e. The van der Waals surface area contributed by atoms with E-state index in [0.717, 1.165) is 24.7 Å². The predicted octanol–water partition coefficient (Wildman–Crippen LogP) is 2.58. The lowest BCUT2D eigenvalue weighted by Gasteiger charge is -2.42. The lowest BCUT2D eigenvalue weighted by molar-refractivity contribution is -0.157. The Hall–Kier alpha value is -0.0900. The van der Waals surface area contributed by atoms with Gasteiger partial charge in [0.05, 0.1) is 11.7 Å². The Morgan fingerprint density at radius 2 is 2.25 bits per heavy atom. The molecule has 0 aliphatic carbocycles. The Morgan fingerprint density at radius 1 is 1.56 bits per heavy atom. The van der Waals surface area contributed by atoms with Crippen LogP contribution in [-0.4, -0.2) is 40.9 Å². The number of alkyl halides is 1. The fraction of sp³-hybridized carbons (Fsp3) is 0.917. The van der Waals surface area contributed by atoms with Crippen molar-refractivity contribution in [3.05, 3.63) is 0 Å². The van der Waals surface area contributed by atoms with E-state index in [0.29, 0.717) is 13.0 Å². The van der Waals surface area contributed by atoms with Crippen molar-refractivity contribution >= 4 is 21.8 Å². The van der Waals surface area contributed by atoms with Crippen molar-refractivity contribution < 1.29 is 9.53 Å². The maximum absolute atomic E-state index is 12.0. The average molecular weight is 292 g/mol. The van der Waals surface area contributed by atoms with Gasteiger partial charge in [-0.3, -0.25) is 4.79 Å². The van der Waals surface area contributed by atoms with E-state index in [4.69, 9.17) is 4.74 Å². The molecule has 1 aliphatic heterocycles. The highest BCUT2D eigenvalue weighted by Crippen LogP contribution is 2.22. The maximum atomic E-state index is 12.0. The van der Waals surface area contributed by atoms with Gasteiger partial charge in [-0.2, -0.15) is 0 Å². The summed E-state index contributed by atoms with van der Waals surface area (Å²) in [6.07, 6.45) is 2.84. The van der Waals surface area contributed by atoms with Gasteiger partial charge in [0.1, 0.15) is 0 Å². The Balaban J connectivity index is 2.55. The number of hydrogen-bond acceptors (Lipinski definition) is 2. The fourth-order valence-corrected chi connectivity index (χ4v) is 2.39. The van der Waals surface area contributed by atoms with Crippen LogP contribution < -0.4 is 0 Å². The molecule has 1 rings (SSSR count). The van der Waals surface area contributed by atoms with E-state index >= 15 is 0 Å². The quantitative estimate of drug-likeness (QED) is 0.745. The lowest BCUT2D eigenvalue weighted by atomic mass is 10.0. The molecule has 3 nitrogen and oxygen atoms in total. The third-order valence-electron chi connectivity index (χ3n) is 2.75. The first-order valence-electron chi connectivity index (χ1n) is 6.00. The lowest BCUT2D eigenvalue weighted by Crippen LogP contribution is -2.55. The molecule has 0 saturated carbocycles. The topological polar surface area (TPSA) is 29.5 Å². The van der Waals surface area contributed by atoms with Crippen LogP contribution >= 0.6 is 15.9 Å². The number of ether oxygens (including phenoxy) is 1. The number of carbonyl (C=O) groups is 1. The van der Waals surface area contributed by atoms with E-state index in [2.05, 4.69) is 22.9 Å². The Kier molecular flexibility index (Phi) is 5.25. The van der Waals surface area contributed by atoms with E-state index in [1.165, 1.54) is 0 Å². The molecule has 0 aromatic heterocycles. The third-order valence-corrected chi connectivity index (χ3v) is 3.47. The number of rotatable bonds is 4. The summed E-state index contributed by atoms with van der Waals surface area (Å²) in [6.45, 7) is 7.62. The molecule has 0 aromatic carbocycles. The van der Waals surface area contributed by atoms with Crippen molar-refractivity contribution in [2.45, 2.75) is 51.7 Å². The number of carbonyl (C=O) groups excluding carboxylic acids is 1. The number of nitrogens with zero attached hydrogens (tertiary/aromatic N) is 1. The second-order valence-electron chi connectivity index (χ2n) is 5.03. The van der Waals surface area contributed by atoms with Gasteiger partial charge >= 0.3 is 0 Å². The minimum Gasteiger partial charge on any atom is -0.368 e. The highest BCUT2D eigenvalue weighted by molar-refractivity contribution is 9.09. The maximum Gasteiger partial charge on any atom is 0.222 e. The van der Waals surface area contributed by atoms with Crippen molar-refractivity contribution in [3.63, 3.8) is 0 Å². The molecular formula is C12H22BrNO2. The van der Waals surface area contributed by atoms with Crippen LogP contribution in [0.25, 0.3) is 0 Å². The van der Waals surface area contributed by atoms with E-state index in [9.17, 15) is 4.79 Å². The first kappa shape index (κ1) is 14.0. The van der Waals surface area contributed by atoms with Gasteiger partial charge in [-0.1, -0.05) is 29.3 Å². The number of hydrogen-bond donors (Lipinski definition) is 0. The Bertz CT molecular complexity index is 243. The van der Waals surface area contributed by atoms with Crippen LogP contribution in [0.15, 0.2) is 0 Å². The second kappa shape index (κ2) is 6.01. The van der Waals surface area contributed by atoms with Crippen LogP contribution in [0.5, 0.6) is 0 Å². The van der Waals surface area contributed by atoms with Crippen LogP contribution in [0, 0.1) is 0 Å². The van der Waals surface area contributed by atoms with E-state index in [1.807, 2.05) is 18.7 Å². The summed E-state index contributed by atoms with van der Waals surface area (Å²) >= 11 is 3.43. The van der Waals surface area contributed by atoms with Crippen molar-refractivity contribution in [2.24, 2.45) is 0 Å². The summed E-state index contributed by atoms with van der Waals surface area (Å²) in [7, 11) is 0. The van der Waals surface area contributed by atoms with Gasteiger partial charge in [0.2, 0.25) is 5.91 Å². The normalized spacial score (nSPS) is 24.5. The number of amides is 1. The molecule has 0 bridgehead atoms. The minimum atomic E-state index is -0.224. The standard InChI is InChI=1S/C12H22BrNO2/c1-4-5-6-11(15)14-8-10(7-13)16-12(2,3)9-14/h10H,4-9H2,1-3H3. The van der Waals surface area contributed by atoms with Gasteiger partial charge in [-0.05, 0) is 20.3 Å². The second-order valence-corrected chi connectivity index (χ2v) is 5.68. The molecule has 1 aliphatic rings. The monoisotopic (exact) mass is 291 g/mol. The number of unbranched alkanes of at least 4 members (excludes halogenated alkanes) is 1. The fourth-order valence-electron chi connectivity index (χ4n) is 2.05. The average Bonchev–Trinajstić information content (AvgIpc) is 2.23. The molecule has 94 valence electrons. The van der Waals surface area contributed by atoms with Gasteiger partial charge in [-0.25, -0.2) is 0 Å². The molecule has 0 aromatic rings. The van der Waals surface area contributed by atoms with Gasteiger partial charge in [-0.15, -0.1) is 0 Å². The zero-order valence-electron chi connectivity index (χ0n) is 10.5. The van der Waals surface area contributed by atoms with Gasteiger partial charge in [0.15, 0.2) is 0 Å². The highest BCUT2D eigenvalue weighted by Gasteiger charge is 2.34. The largest absolute Gasteiger partial charge is 0.368 e. The van der Waals surface area contributed by atoms with Crippen molar-refractivity contribution in [1.29, 1.82) is 0 Å². The molecule has 1 unspecified atom stereocenters. The molecule has 1 amide bonds. The first-order valence-corrected chi connectivity index (χ1v) is 7.12. The number of halogens is 1. The van der Waals surface area contributed by atoms with Gasteiger partial charge < -0.3 is 9.64 Å². The predicted molar refractivity (Wildman–Crippen MR) is 68.9 cm³/mol. The van der Waals surface area contributed by atoms with Crippen molar-refractivity contribution in [1.82, 2.24) is 4.90 Å². The molecule has 1 atom stereocenters. The van der Waals surface area contributed by atoms with Crippen molar-refractivity contribution in [3.8, 4) is 0 Å². The highest BCUT2D eigenvalue weighted by atomic mass is 79.9. The molecule has 16 heavy (non-hydrogen) atoms. The zero-order valence-corrected chi connectivity index (χ0v) is 12.0. The number of morpholine rings is 1. The van der Waals surface area contributed by atoms with Crippen LogP contribution in [0.4, 0.5) is 0 Å². The Labute approximate surface area is 107 Å². The molecule has 1 fully saturated rings. The zero-order chi connectivity index (χ0) is 12.2. The molecule has 1 saturated heterocycles. The first-order chi connectivity index (χ1) is 7.48. The SMILES string of the molecule is CCCCC(=O)N1CC(CBr)OC(C)(C)C1. The summed E-state index contributed by atoms with van der Waals surface area (Å²) in [5, 5.41) is 0.786.